The van der Waals surface area contributed by atoms with Crippen molar-refractivity contribution in [2.75, 3.05) is 19.8 Å². The number of hydrogen-bond donors (Lipinski definition) is 1. The van der Waals surface area contributed by atoms with Gasteiger partial charge in [0.2, 0.25) is 0 Å². The number of carbonyl (C=O) groups is 1. The maximum Gasteiger partial charge on any atom is 0.261 e. The molecule has 0 spiro atoms. The Morgan fingerprint density at radius 2 is 2.25 bits per heavy atom. The van der Waals surface area contributed by atoms with Crippen LogP contribution in [0.4, 0.5) is 0 Å². The first kappa shape index (κ1) is 11.9. The van der Waals surface area contributed by atoms with E-state index in [0.717, 1.165) is 32.6 Å². The summed E-state index contributed by atoms with van der Waals surface area (Å²) in [6, 6.07) is 3.50. The average Bonchev–Trinajstić information content (AvgIpc) is 2.74. The Morgan fingerprint density at radius 3 is 2.88 bits per heavy atom. The number of hydrogen-bond acceptors (Lipinski definition) is 3. The molecule has 0 atom stereocenters. The predicted octanol–water partition coefficient (Wildman–Crippen LogP) is 2.56. The number of halogens is 1. The minimum Gasteiger partial charge on any atom is -0.381 e. The highest BCUT2D eigenvalue weighted by Gasteiger charge is 2.15. The van der Waals surface area contributed by atoms with Crippen LogP contribution in [0.2, 0.25) is 4.34 Å². The third-order valence-electron chi connectivity index (χ3n) is 2.69. The summed E-state index contributed by atoms with van der Waals surface area (Å²) in [7, 11) is 0. The van der Waals surface area contributed by atoms with Gasteiger partial charge in [0.1, 0.15) is 0 Å². The molecule has 2 heterocycles. The van der Waals surface area contributed by atoms with Gasteiger partial charge in [-0.3, -0.25) is 4.79 Å². The molecule has 2 rings (SSSR count). The van der Waals surface area contributed by atoms with Gasteiger partial charge in [-0.15, -0.1) is 11.3 Å². The second-order valence-electron chi connectivity index (χ2n) is 3.87. The lowest BCUT2D eigenvalue weighted by Gasteiger charge is -2.21. The molecule has 5 heteroatoms. The number of nitrogens with one attached hydrogen (secondary N) is 1. The van der Waals surface area contributed by atoms with Gasteiger partial charge in [-0.2, -0.15) is 0 Å². The molecule has 1 N–H and O–H groups in total. The van der Waals surface area contributed by atoms with Crippen molar-refractivity contribution in [3.05, 3.63) is 21.3 Å². The van der Waals surface area contributed by atoms with Crippen LogP contribution in [0.25, 0.3) is 0 Å². The lowest BCUT2D eigenvalue weighted by molar-refractivity contribution is 0.0643. The molecule has 0 radical (unpaired) electrons. The Balaban J connectivity index is 1.79. The fourth-order valence-corrected chi connectivity index (χ4v) is 2.67. The molecular formula is C11H14ClNO2S. The van der Waals surface area contributed by atoms with Gasteiger partial charge in [-0.05, 0) is 30.9 Å². The largest absolute Gasteiger partial charge is 0.381 e. The van der Waals surface area contributed by atoms with Gasteiger partial charge in [-0.25, -0.2) is 0 Å². The first-order chi connectivity index (χ1) is 7.75. The first-order valence-corrected chi connectivity index (χ1v) is 6.56. The van der Waals surface area contributed by atoms with Crippen LogP contribution in [0.5, 0.6) is 0 Å². The van der Waals surface area contributed by atoms with E-state index in [2.05, 4.69) is 5.32 Å². The lowest BCUT2D eigenvalue weighted by atomic mass is 10.0. The van der Waals surface area contributed by atoms with Crippen molar-refractivity contribution in [2.24, 2.45) is 5.92 Å². The Labute approximate surface area is 104 Å². The van der Waals surface area contributed by atoms with E-state index in [0.29, 0.717) is 15.1 Å². The van der Waals surface area contributed by atoms with E-state index in [4.69, 9.17) is 16.3 Å². The summed E-state index contributed by atoms with van der Waals surface area (Å²) in [5.74, 6) is 0.525. The molecule has 1 aromatic rings. The topological polar surface area (TPSA) is 38.3 Å². The summed E-state index contributed by atoms with van der Waals surface area (Å²) in [4.78, 5) is 12.4. The van der Waals surface area contributed by atoms with Crippen LogP contribution in [-0.4, -0.2) is 25.7 Å². The lowest BCUT2D eigenvalue weighted by Crippen LogP contribution is -2.31. The van der Waals surface area contributed by atoms with Gasteiger partial charge in [0.15, 0.2) is 0 Å². The summed E-state index contributed by atoms with van der Waals surface area (Å²) in [5, 5.41) is 2.94. The van der Waals surface area contributed by atoms with Gasteiger partial charge in [0, 0.05) is 19.8 Å². The standard InChI is InChI=1S/C11H14ClNO2S/c12-10-2-1-9(16-10)11(14)13-7-8-3-5-15-6-4-8/h1-2,8H,3-7H2,(H,13,14). The highest BCUT2D eigenvalue weighted by atomic mass is 35.5. The summed E-state index contributed by atoms with van der Waals surface area (Å²) < 4.78 is 5.92. The van der Waals surface area contributed by atoms with E-state index in [1.807, 2.05) is 0 Å². The SMILES string of the molecule is O=C(NCC1CCOCC1)c1ccc(Cl)s1. The Kier molecular flexibility index (Phi) is 4.21. The van der Waals surface area contributed by atoms with Crippen molar-refractivity contribution in [1.29, 1.82) is 0 Å². The smallest absolute Gasteiger partial charge is 0.261 e. The Morgan fingerprint density at radius 1 is 1.50 bits per heavy atom. The van der Waals surface area contributed by atoms with Crippen LogP contribution in [-0.2, 0) is 4.74 Å². The van der Waals surface area contributed by atoms with Gasteiger partial charge in [0.25, 0.3) is 5.91 Å². The number of thiophene rings is 1. The molecule has 0 aromatic carbocycles. The minimum atomic E-state index is -0.0246. The second-order valence-corrected chi connectivity index (χ2v) is 5.58. The zero-order valence-corrected chi connectivity index (χ0v) is 10.4. The maximum absolute atomic E-state index is 11.7. The van der Waals surface area contributed by atoms with Crippen molar-refractivity contribution >= 4 is 28.8 Å². The van der Waals surface area contributed by atoms with Crippen molar-refractivity contribution in [3.63, 3.8) is 0 Å². The molecule has 1 saturated heterocycles. The van der Waals surface area contributed by atoms with E-state index >= 15 is 0 Å². The molecule has 1 amide bonds. The van der Waals surface area contributed by atoms with Crippen molar-refractivity contribution < 1.29 is 9.53 Å². The molecule has 88 valence electrons. The van der Waals surface area contributed by atoms with Gasteiger partial charge >= 0.3 is 0 Å². The molecule has 1 aromatic heterocycles. The summed E-state index contributed by atoms with van der Waals surface area (Å²) >= 11 is 7.09. The monoisotopic (exact) mass is 259 g/mol. The molecule has 1 aliphatic rings. The number of carbonyl (C=O) groups excluding carboxylic acids is 1. The average molecular weight is 260 g/mol. The van der Waals surface area contributed by atoms with Gasteiger partial charge in [-0.1, -0.05) is 11.6 Å². The third-order valence-corrected chi connectivity index (χ3v) is 3.92. The Bertz CT molecular complexity index is 361. The third kappa shape index (κ3) is 3.20. The number of rotatable bonds is 3. The van der Waals surface area contributed by atoms with Crippen LogP contribution < -0.4 is 5.32 Å². The van der Waals surface area contributed by atoms with Crippen LogP contribution >= 0.6 is 22.9 Å². The molecule has 0 saturated carbocycles. The zero-order chi connectivity index (χ0) is 11.4. The van der Waals surface area contributed by atoms with Crippen molar-refractivity contribution in [2.45, 2.75) is 12.8 Å². The number of ether oxygens (including phenoxy) is 1. The summed E-state index contributed by atoms with van der Waals surface area (Å²) in [5.41, 5.74) is 0. The van der Waals surface area contributed by atoms with E-state index in [9.17, 15) is 4.79 Å². The quantitative estimate of drug-likeness (QED) is 0.906. The molecule has 0 unspecified atom stereocenters. The maximum atomic E-state index is 11.7. The van der Waals surface area contributed by atoms with Gasteiger partial charge in [0.05, 0.1) is 9.21 Å². The molecule has 3 nitrogen and oxygen atoms in total. The summed E-state index contributed by atoms with van der Waals surface area (Å²) in [6.07, 6.45) is 2.07. The minimum absolute atomic E-state index is 0.0246. The molecular weight excluding hydrogens is 246 g/mol. The fraction of sp³-hybridized carbons (Fsp3) is 0.545. The molecule has 0 aliphatic carbocycles. The molecule has 1 fully saturated rings. The zero-order valence-electron chi connectivity index (χ0n) is 8.87. The van der Waals surface area contributed by atoms with Gasteiger partial charge < -0.3 is 10.1 Å². The first-order valence-electron chi connectivity index (χ1n) is 5.37. The van der Waals surface area contributed by atoms with E-state index in [-0.39, 0.29) is 5.91 Å². The van der Waals surface area contributed by atoms with E-state index in [1.165, 1.54) is 11.3 Å². The number of amides is 1. The van der Waals surface area contributed by atoms with Crippen molar-refractivity contribution in [1.82, 2.24) is 5.32 Å². The van der Waals surface area contributed by atoms with E-state index in [1.54, 1.807) is 12.1 Å². The van der Waals surface area contributed by atoms with Crippen molar-refractivity contribution in [3.8, 4) is 0 Å². The summed E-state index contributed by atoms with van der Waals surface area (Å²) in [6.45, 7) is 2.36. The molecule has 16 heavy (non-hydrogen) atoms. The predicted molar refractivity (Wildman–Crippen MR) is 65.2 cm³/mol. The highest BCUT2D eigenvalue weighted by Crippen LogP contribution is 2.21. The van der Waals surface area contributed by atoms with Crippen LogP contribution in [0.1, 0.15) is 22.5 Å². The van der Waals surface area contributed by atoms with Crippen LogP contribution in [0.3, 0.4) is 0 Å². The van der Waals surface area contributed by atoms with E-state index < -0.39 is 0 Å². The normalized spacial score (nSPS) is 17.3. The molecule has 1 aliphatic heterocycles. The fourth-order valence-electron chi connectivity index (χ4n) is 1.71. The second kappa shape index (κ2) is 5.66. The van der Waals surface area contributed by atoms with Crippen LogP contribution in [0.15, 0.2) is 12.1 Å². The Hall–Kier alpha value is -0.580. The highest BCUT2D eigenvalue weighted by molar-refractivity contribution is 7.17. The van der Waals surface area contributed by atoms with Crippen LogP contribution in [0, 0.1) is 5.92 Å². The molecule has 0 bridgehead atoms.